The summed E-state index contributed by atoms with van der Waals surface area (Å²) in [5.41, 5.74) is 4.17. The number of carbonyl (C=O) groups excluding carboxylic acids is 2. The molecule has 130 valence electrons. The Bertz CT molecular complexity index is 1060. The van der Waals surface area contributed by atoms with Crippen molar-refractivity contribution in [3.05, 3.63) is 108 Å². The minimum atomic E-state index is -0.253. The van der Waals surface area contributed by atoms with Crippen molar-refractivity contribution in [1.29, 1.82) is 0 Å². The maximum absolute atomic E-state index is 13.1. The summed E-state index contributed by atoms with van der Waals surface area (Å²) in [4.78, 5) is 25.5. The summed E-state index contributed by atoms with van der Waals surface area (Å²) in [5, 5.41) is 2.80. The second-order valence-electron chi connectivity index (χ2n) is 6.26. The van der Waals surface area contributed by atoms with Crippen LogP contribution < -0.4 is 5.32 Å². The Kier molecular flexibility index (Phi) is 4.50. The molecule has 1 aliphatic rings. The summed E-state index contributed by atoms with van der Waals surface area (Å²) in [5.74, 6) is -0.455. The molecule has 27 heavy (non-hydrogen) atoms. The standard InChI is InChI=1S/C24H17NO2/c26-23(16-21-19-13-7-8-14-22(19)25-24(21)27)20(18-11-5-2-6-12-18)15-17-9-3-1-4-10-17/h1-16H,(H,25,27)/b20-15+,21-16+. The number of para-hydroxylation sites is 1. The van der Waals surface area contributed by atoms with E-state index < -0.39 is 0 Å². The average Bonchev–Trinajstić information content (AvgIpc) is 3.03. The van der Waals surface area contributed by atoms with E-state index >= 15 is 0 Å². The van der Waals surface area contributed by atoms with E-state index in [0.29, 0.717) is 11.1 Å². The van der Waals surface area contributed by atoms with E-state index in [0.717, 1.165) is 22.4 Å². The number of amides is 1. The van der Waals surface area contributed by atoms with Gasteiger partial charge >= 0.3 is 0 Å². The molecule has 0 spiro atoms. The van der Waals surface area contributed by atoms with Gasteiger partial charge in [0.1, 0.15) is 0 Å². The molecule has 0 unspecified atom stereocenters. The van der Waals surface area contributed by atoms with Gasteiger partial charge in [-0.1, -0.05) is 78.9 Å². The Morgan fingerprint density at radius 2 is 1.41 bits per heavy atom. The Hall–Kier alpha value is -3.72. The highest BCUT2D eigenvalue weighted by Gasteiger charge is 2.25. The topological polar surface area (TPSA) is 46.2 Å². The summed E-state index contributed by atoms with van der Waals surface area (Å²) < 4.78 is 0. The van der Waals surface area contributed by atoms with Crippen LogP contribution in [0.2, 0.25) is 0 Å². The zero-order valence-electron chi connectivity index (χ0n) is 14.6. The lowest BCUT2D eigenvalue weighted by Crippen LogP contribution is -2.06. The molecule has 0 atom stereocenters. The number of hydrogen-bond donors (Lipinski definition) is 1. The van der Waals surface area contributed by atoms with Gasteiger partial charge < -0.3 is 5.32 Å². The lowest BCUT2D eigenvalue weighted by Gasteiger charge is -2.06. The van der Waals surface area contributed by atoms with Crippen LogP contribution in [0.4, 0.5) is 5.69 Å². The van der Waals surface area contributed by atoms with E-state index in [4.69, 9.17) is 0 Å². The molecule has 1 heterocycles. The molecule has 3 aromatic carbocycles. The van der Waals surface area contributed by atoms with Crippen molar-refractivity contribution in [1.82, 2.24) is 0 Å². The van der Waals surface area contributed by atoms with Crippen LogP contribution in [0.5, 0.6) is 0 Å². The van der Waals surface area contributed by atoms with Gasteiger partial charge in [-0.15, -0.1) is 0 Å². The van der Waals surface area contributed by atoms with Crippen molar-refractivity contribution in [3.63, 3.8) is 0 Å². The SMILES string of the molecule is O=C(/C=C1/C(=O)Nc2ccccc21)/C(=C/c1ccccc1)c1ccccc1. The van der Waals surface area contributed by atoms with Gasteiger partial charge in [0.05, 0.1) is 5.57 Å². The van der Waals surface area contributed by atoms with Crippen LogP contribution >= 0.6 is 0 Å². The highest BCUT2D eigenvalue weighted by Crippen LogP contribution is 2.32. The molecule has 1 amide bonds. The van der Waals surface area contributed by atoms with Crippen LogP contribution in [0.3, 0.4) is 0 Å². The predicted molar refractivity (Wildman–Crippen MR) is 109 cm³/mol. The number of nitrogens with one attached hydrogen (secondary N) is 1. The molecule has 0 aromatic heterocycles. The largest absolute Gasteiger partial charge is 0.321 e. The third-order valence-electron chi connectivity index (χ3n) is 4.45. The predicted octanol–water partition coefficient (Wildman–Crippen LogP) is 4.83. The maximum atomic E-state index is 13.1. The summed E-state index contributed by atoms with van der Waals surface area (Å²) >= 11 is 0. The lowest BCUT2D eigenvalue weighted by atomic mass is 9.96. The molecule has 0 aliphatic carbocycles. The van der Waals surface area contributed by atoms with E-state index in [1.54, 1.807) is 0 Å². The summed E-state index contributed by atoms with van der Waals surface area (Å²) in [6.45, 7) is 0. The number of anilines is 1. The molecule has 0 fully saturated rings. The number of rotatable bonds is 4. The van der Waals surface area contributed by atoms with Crippen LogP contribution in [-0.2, 0) is 9.59 Å². The van der Waals surface area contributed by atoms with E-state index in [9.17, 15) is 9.59 Å². The van der Waals surface area contributed by atoms with Crippen molar-refractivity contribution in [2.45, 2.75) is 0 Å². The molecule has 0 saturated carbocycles. The Morgan fingerprint density at radius 1 is 0.778 bits per heavy atom. The second-order valence-corrected chi connectivity index (χ2v) is 6.26. The van der Waals surface area contributed by atoms with E-state index in [1.807, 2.05) is 91.0 Å². The third kappa shape index (κ3) is 3.48. The molecular weight excluding hydrogens is 334 g/mol. The van der Waals surface area contributed by atoms with E-state index in [1.165, 1.54) is 6.08 Å². The van der Waals surface area contributed by atoms with Gasteiger partial charge in [-0.3, -0.25) is 9.59 Å². The van der Waals surface area contributed by atoms with Gasteiger partial charge in [0.25, 0.3) is 5.91 Å². The number of ketones is 1. The summed E-state index contributed by atoms with van der Waals surface area (Å²) in [7, 11) is 0. The minimum absolute atomic E-state index is 0.202. The first-order valence-electron chi connectivity index (χ1n) is 8.71. The third-order valence-corrected chi connectivity index (χ3v) is 4.45. The number of allylic oxidation sites excluding steroid dienone is 2. The quantitative estimate of drug-likeness (QED) is 0.540. The normalized spacial score (nSPS) is 14.7. The highest BCUT2D eigenvalue weighted by atomic mass is 16.2. The van der Waals surface area contributed by atoms with Gasteiger partial charge in [-0.05, 0) is 29.3 Å². The van der Waals surface area contributed by atoms with Crippen LogP contribution in [-0.4, -0.2) is 11.7 Å². The van der Waals surface area contributed by atoms with Crippen molar-refractivity contribution in [3.8, 4) is 0 Å². The molecule has 3 aromatic rings. The summed E-state index contributed by atoms with van der Waals surface area (Å²) in [6, 6.07) is 26.6. The molecular formula is C24H17NO2. The van der Waals surface area contributed by atoms with Gasteiger partial charge in [0.2, 0.25) is 0 Å². The molecule has 1 N–H and O–H groups in total. The molecule has 1 aliphatic heterocycles. The Balaban J connectivity index is 1.78. The smallest absolute Gasteiger partial charge is 0.256 e. The van der Waals surface area contributed by atoms with E-state index in [-0.39, 0.29) is 11.7 Å². The number of benzene rings is 3. The van der Waals surface area contributed by atoms with Gasteiger partial charge in [0.15, 0.2) is 5.78 Å². The van der Waals surface area contributed by atoms with Crippen molar-refractivity contribution in [2.24, 2.45) is 0 Å². The van der Waals surface area contributed by atoms with Crippen molar-refractivity contribution in [2.75, 3.05) is 5.32 Å². The zero-order chi connectivity index (χ0) is 18.6. The van der Waals surface area contributed by atoms with Crippen LogP contribution in [0.1, 0.15) is 16.7 Å². The fourth-order valence-corrected chi connectivity index (χ4v) is 3.12. The van der Waals surface area contributed by atoms with Crippen molar-refractivity contribution < 1.29 is 9.59 Å². The molecule has 0 bridgehead atoms. The highest BCUT2D eigenvalue weighted by molar-refractivity contribution is 6.39. The minimum Gasteiger partial charge on any atom is -0.321 e. The molecule has 4 rings (SSSR count). The Labute approximate surface area is 157 Å². The fraction of sp³-hybridized carbons (Fsp3) is 0. The van der Waals surface area contributed by atoms with Crippen LogP contribution in [0, 0.1) is 0 Å². The fourth-order valence-electron chi connectivity index (χ4n) is 3.12. The van der Waals surface area contributed by atoms with E-state index in [2.05, 4.69) is 5.32 Å². The van der Waals surface area contributed by atoms with Gasteiger partial charge in [0, 0.05) is 16.8 Å². The first-order chi connectivity index (χ1) is 13.2. The van der Waals surface area contributed by atoms with Crippen LogP contribution in [0.15, 0.2) is 91.0 Å². The molecule has 0 saturated heterocycles. The number of hydrogen-bond acceptors (Lipinski definition) is 2. The van der Waals surface area contributed by atoms with Crippen LogP contribution in [0.25, 0.3) is 17.2 Å². The average molecular weight is 351 g/mol. The zero-order valence-corrected chi connectivity index (χ0v) is 14.6. The van der Waals surface area contributed by atoms with Crippen molar-refractivity contribution >= 4 is 34.6 Å². The number of carbonyl (C=O) groups is 2. The summed E-state index contributed by atoms with van der Waals surface area (Å²) in [6.07, 6.45) is 3.29. The molecule has 3 nitrogen and oxygen atoms in total. The van der Waals surface area contributed by atoms with Gasteiger partial charge in [-0.25, -0.2) is 0 Å². The molecule has 0 radical (unpaired) electrons. The molecule has 3 heteroatoms. The first-order valence-corrected chi connectivity index (χ1v) is 8.71. The lowest BCUT2D eigenvalue weighted by molar-refractivity contribution is -0.112. The first kappa shape index (κ1) is 16.7. The maximum Gasteiger partial charge on any atom is 0.256 e. The van der Waals surface area contributed by atoms with Gasteiger partial charge in [-0.2, -0.15) is 0 Å². The monoisotopic (exact) mass is 351 g/mol. The Morgan fingerprint density at radius 3 is 2.15 bits per heavy atom. The second kappa shape index (κ2) is 7.26. The number of fused-ring (bicyclic) bond motifs is 1.